The quantitative estimate of drug-likeness (QED) is 0.0222. The highest BCUT2D eigenvalue weighted by molar-refractivity contribution is 7.47. The molecule has 0 aliphatic carbocycles. The Morgan fingerprint density at radius 2 is 0.520 bits per heavy atom. The molecule has 17 nitrogen and oxygen atoms in total. The molecule has 0 spiro atoms. The van der Waals surface area contributed by atoms with E-state index in [2.05, 4.69) is 48.5 Å². The SMILES string of the molecule is CCCCCCCCCCCCCCCCCCCCCCC(=O)O[C@H](COC(=O)CCCCCCCCCCCCC(C)C)COP(=O)(O)OC[C@@H](O)COP(=O)(O)OC[C@@H](COC(=O)CCCCCCCCCCC(C)CC)OC(=O)CCCCCCCCCCCCC(C)C. The van der Waals surface area contributed by atoms with Gasteiger partial charge in [0.25, 0.3) is 0 Å². The second kappa shape index (κ2) is 69.4. The van der Waals surface area contributed by atoms with Crippen molar-refractivity contribution < 1.29 is 80.2 Å². The number of aliphatic hydroxyl groups excluding tert-OH is 1. The number of hydrogen-bond donors (Lipinski definition) is 3. The zero-order valence-corrected chi connectivity index (χ0v) is 66.0. The summed E-state index contributed by atoms with van der Waals surface area (Å²) in [6.45, 7) is 11.9. The highest BCUT2D eigenvalue weighted by atomic mass is 31.2. The third-order valence-electron chi connectivity index (χ3n) is 18.7. The molecule has 0 saturated heterocycles. The first-order valence-corrected chi connectivity index (χ1v) is 43.9. The van der Waals surface area contributed by atoms with Gasteiger partial charge in [-0.2, -0.15) is 0 Å². The summed E-state index contributed by atoms with van der Waals surface area (Å²) in [6, 6.07) is 0. The Morgan fingerprint density at radius 1 is 0.296 bits per heavy atom. The van der Waals surface area contributed by atoms with Crippen LogP contribution in [0.4, 0.5) is 0 Å². The van der Waals surface area contributed by atoms with Gasteiger partial charge in [0.2, 0.25) is 0 Å². The van der Waals surface area contributed by atoms with Crippen molar-refractivity contribution in [3.8, 4) is 0 Å². The van der Waals surface area contributed by atoms with Gasteiger partial charge in [-0.15, -0.1) is 0 Å². The normalized spacial score (nSPS) is 14.3. The van der Waals surface area contributed by atoms with Gasteiger partial charge in [-0.3, -0.25) is 37.3 Å². The number of carbonyl (C=O) groups excluding carboxylic acids is 4. The first-order chi connectivity index (χ1) is 47.3. The van der Waals surface area contributed by atoms with Crippen LogP contribution in [0.15, 0.2) is 0 Å². The number of carbonyl (C=O) groups is 4. The molecular formula is C79H154O17P2. The molecule has 0 aromatic heterocycles. The minimum Gasteiger partial charge on any atom is -0.462 e. The number of hydrogen-bond acceptors (Lipinski definition) is 15. The maximum atomic E-state index is 13.1. The van der Waals surface area contributed by atoms with Crippen LogP contribution in [0.25, 0.3) is 0 Å². The number of esters is 4. The minimum absolute atomic E-state index is 0.105. The molecular weight excluding hydrogens is 1280 g/mol. The average molecular weight is 1440 g/mol. The molecule has 0 aromatic carbocycles. The van der Waals surface area contributed by atoms with Crippen LogP contribution >= 0.6 is 15.6 Å². The van der Waals surface area contributed by atoms with Gasteiger partial charge in [0.1, 0.15) is 19.3 Å². The Hall–Kier alpha value is -1.94. The summed E-state index contributed by atoms with van der Waals surface area (Å²) in [5, 5.41) is 10.6. The lowest BCUT2D eigenvalue weighted by Gasteiger charge is -2.21. The van der Waals surface area contributed by atoms with Crippen molar-refractivity contribution in [2.24, 2.45) is 17.8 Å². The van der Waals surface area contributed by atoms with Crippen molar-refractivity contribution >= 4 is 39.5 Å². The van der Waals surface area contributed by atoms with Gasteiger partial charge in [-0.1, -0.05) is 357 Å². The highest BCUT2D eigenvalue weighted by Crippen LogP contribution is 2.45. The van der Waals surface area contributed by atoms with Crippen molar-refractivity contribution in [3.05, 3.63) is 0 Å². The zero-order valence-electron chi connectivity index (χ0n) is 64.3. The lowest BCUT2D eigenvalue weighted by atomic mass is 9.99. The van der Waals surface area contributed by atoms with Crippen LogP contribution in [0.5, 0.6) is 0 Å². The molecule has 0 amide bonds. The maximum Gasteiger partial charge on any atom is 0.472 e. The Kier molecular flexibility index (Phi) is 68.1. The monoisotopic (exact) mass is 1440 g/mol. The van der Waals surface area contributed by atoms with E-state index < -0.39 is 97.5 Å². The molecule has 0 aliphatic rings. The third-order valence-corrected chi connectivity index (χ3v) is 20.6. The first-order valence-electron chi connectivity index (χ1n) is 40.9. The number of rotatable bonds is 77. The van der Waals surface area contributed by atoms with Gasteiger partial charge in [-0.25, -0.2) is 9.13 Å². The summed E-state index contributed by atoms with van der Waals surface area (Å²) >= 11 is 0. The third kappa shape index (κ3) is 71.1. The molecule has 19 heteroatoms. The molecule has 98 heavy (non-hydrogen) atoms. The lowest BCUT2D eigenvalue weighted by Crippen LogP contribution is -2.30. The minimum atomic E-state index is -4.96. The van der Waals surface area contributed by atoms with Gasteiger partial charge in [-0.05, 0) is 43.4 Å². The predicted octanol–water partition coefficient (Wildman–Crippen LogP) is 23.4. The van der Waals surface area contributed by atoms with Crippen LogP contribution in [-0.4, -0.2) is 96.7 Å². The summed E-state index contributed by atoms with van der Waals surface area (Å²) in [5.41, 5.74) is 0. The van der Waals surface area contributed by atoms with Crippen LogP contribution in [-0.2, 0) is 65.4 Å². The van der Waals surface area contributed by atoms with Crippen molar-refractivity contribution in [1.29, 1.82) is 0 Å². The van der Waals surface area contributed by atoms with Crippen LogP contribution in [0.2, 0.25) is 0 Å². The van der Waals surface area contributed by atoms with Crippen LogP contribution in [0.1, 0.15) is 408 Å². The van der Waals surface area contributed by atoms with E-state index in [1.54, 1.807) is 0 Å². The Balaban J connectivity index is 5.24. The van der Waals surface area contributed by atoms with Crippen LogP contribution in [0, 0.1) is 17.8 Å². The van der Waals surface area contributed by atoms with Gasteiger partial charge < -0.3 is 33.8 Å². The van der Waals surface area contributed by atoms with E-state index in [1.165, 1.54) is 218 Å². The number of unbranched alkanes of at least 4 members (excludes halogenated alkanes) is 44. The number of ether oxygens (including phenoxy) is 4. The Morgan fingerprint density at radius 3 is 0.776 bits per heavy atom. The standard InChI is InChI=1S/C79H154O17P2/c1-8-10-11-12-13-14-15-16-17-18-19-20-21-22-23-24-32-41-48-55-62-78(83)95-74(66-89-76(81)60-53-46-39-31-27-25-29-36-43-50-57-70(3)4)68-93-97(85,86)91-64-73(80)65-92-98(87,88)94-69-75(67-90-77(82)61-54-47-40-35-34-38-45-52-59-72(7)9-2)96-79(84)63-56-49-42-33-28-26-30-37-44-51-58-71(5)6/h70-75,80H,8-69H2,1-7H3,(H,85,86)(H,87,88)/t72?,73-,74-,75-/m1/s1. The number of phosphoric acid groups is 2. The van der Waals surface area contributed by atoms with E-state index >= 15 is 0 Å². The maximum absolute atomic E-state index is 13.1. The first kappa shape index (κ1) is 96.1. The molecule has 3 N–H and O–H groups in total. The van der Waals surface area contributed by atoms with E-state index in [-0.39, 0.29) is 25.7 Å². The summed E-state index contributed by atoms with van der Waals surface area (Å²) in [5.74, 6) is 0.173. The predicted molar refractivity (Wildman–Crippen MR) is 400 cm³/mol. The van der Waals surface area contributed by atoms with E-state index in [9.17, 15) is 43.2 Å². The molecule has 0 heterocycles. The van der Waals surface area contributed by atoms with Crippen molar-refractivity contribution in [2.75, 3.05) is 39.6 Å². The number of aliphatic hydroxyl groups is 1. The van der Waals surface area contributed by atoms with E-state index in [1.807, 2.05) is 0 Å². The van der Waals surface area contributed by atoms with Crippen LogP contribution in [0.3, 0.4) is 0 Å². The Bertz CT molecular complexity index is 1910. The van der Waals surface area contributed by atoms with Crippen LogP contribution < -0.4 is 0 Å². The van der Waals surface area contributed by atoms with E-state index in [0.29, 0.717) is 25.7 Å². The number of phosphoric ester groups is 2. The van der Waals surface area contributed by atoms with Gasteiger partial charge in [0.15, 0.2) is 12.2 Å². The van der Waals surface area contributed by atoms with E-state index in [0.717, 1.165) is 108 Å². The fraction of sp³-hybridized carbons (Fsp3) is 0.949. The highest BCUT2D eigenvalue weighted by Gasteiger charge is 2.30. The molecule has 0 fully saturated rings. The molecule has 0 rings (SSSR count). The lowest BCUT2D eigenvalue weighted by molar-refractivity contribution is -0.161. The molecule has 582 valence electrons. The zero-order chi connectivity index (χ0) is 72.3. The molecule has 6 atom stereocenters. The molecule has 0 radical (unpaired) electrons. The molecule has 0 saturated carbocycles. The second-order valence-electron chi connectivity index (χ2n) is 29.6. The average Bonchev–Trinajstić information content (AvgIpc) is 0.949. The molecule has 0 aliphatic heterocycles. The van der Waals surface area contributed by atoms with Crippen molar-refractivity contribution in [3.63, 3.8) is 0 Å². The smallest absolute Gasteiger partial charge is 0.462 e. The molecule has 0 bridgehead atoms. The molecule has 3 unspecified atom stereocenters. The summed E-state index contributed by atoms with van der Waals surface area (Å²) in [4.78, 5) is 73.0. The van der Waals surface area contributed by atoms with Gasteiger partial charge in [0, 0.05) is 25.7 Å². The summed E-state index contributed by atoms with van der Waals surface area (Å²) in [7, 11) is -9.92. The molecule has 0 aromatic rings. The topological polar surface area (TPSA) is 237 Å². The van der Waals surface area contributed by atoms with E-state index in [4.69, 9.17) is 37.0 Å². The van der Waals surface area contributed by atoms with Crippen molar-refractivity contribution in [1.82, 2.24) is 0 Å². The fourth-order valence-corrected chi connectivity index (χ4v) is 13.7. The summed E-state index contributed by atoms with van der Waals surface area (Å²) in [6.07, 6.45) is 56.9. The Labute approximate surface area is 600 Å². The fourth-order valence-electron chi connectivity index (χ4n) is 12.1. The van der Waals surface area contributed by atoms with Gasteiger partial charge in [0.05, 0.1) is 26.4 Å². The van der Waals surface area contributed by atoms with Gasteiger partial charge >= 0.3 is 39.5 Å². The second-order valence-corrected chi connectivity index (χ2v) is 32.6. The van der Waals surface area contributed by atoms with Crippen molar-refractivity contribution in [2.45, 2.75) is 426 Å². The largest absolute Gasteiger partial charge is 0.472 e. The summed E-state index contributed by atoms with van der Waals surface area (Å²) < 4.78 is 68.7.